The number of anilines is 1. The Kier molecular flexibility index (Phi) is 7.01. The fourth-order valence-corrected chi connectivity index (χ4v) is 4.06. The largest absolute Gasteiger partial charge is 0.340 e. The van der Waals surface area contributed by atoms with E-state index in [2.05, 4.69) is 17.3 Å². The van der Waals surface area contributed by atoms with Crippen molar-refractivity contribution in [1.82, 2.24) is 14.7 Å². The number of hydrogen-bond donors (Lipinski definition) is 1. The number of carbonyl (C=O) groups excluding carboxylic acids is 2. The van der Waals surface area contributed by atoms with Crippen molar-refractivity contribution in [3.8, 4) is 0 Å². The molecule has 3 rings (SSSR count). The number of urea groups is 1. The summed E-state index contributed by atoms with van der Waals surface area (Å²) in [6.07, 6.45) is 4.46. The minimum absolute atomic E-state index is 0.0456. The summed E-state index contributed by atoms with van der Waals surface area (Å²) in [6.45, 7) is 5.03. The van der Waals surface area contributed by atoms with Crippen molar-refractivity contribution in [2.75, 3.05) is 57.9 Å². The molecular formula is C20H30N4O2S. The SMILES string of the molecule is CSc1ccc(NC(=O)N2CCC(CC(=O)N3CCN(C)CC3)CC2)cc1. The average Bonchev–Trinajstić information content (AvgIpc) is 2.69. The number of amides is 3. The number of piperidine rings is 1. The number of nitrogens with one attached hydrogen (secondary N) is 1. The highest BCUT2D eigenvalue weighted by molar-refractivity contribution is 7.98. The summed E-state index contributed by atoms with van der Waals surface area (Å²) in [6, 6.07) is 7.85. The first-order valence-corrected chi connectivity index (χ1v) is 10.9. The van der Waals surface area contributed by atoms with Crippen LogP contribution in [0.5, 0.6) is 0 Å². The third-order valence-corrected chi connectivity index (χ3v) is 6.31. The van der Waals surface area contributed by atoms with Crippen molar-refractivity contribution in [2.24, 2.45) is 5.92 Å². The van der Waals surface area contributed by atoms with Crippen LogP contribution in [-0.2, 0) is 4.79 Å². The molecule has 27 heavy (non-hydrogen) atoms. The highest BCUT2D eigenvalue weighted by atomic mass is 32.2. The lowest BCUT2D eigenvalue weighted by Gasteiger charge is -2.35. The zero-order valence-electron chi connectivity index (χ0n) is 16.3. The van der Waals surface area contributed by atoms with Crippen LogP contribution in [-0.4, -0.2) is 79.2 Å². The van der Waals surface area contributed by atoms with E-state index in [0.717, 1.165) is 57.8 Å². The molecule has 0 bridgehead atoms. The Morgan fingerprint density at radius 3 is 2.22 bits per heavy atom. The van der Waals surface area contributed by atoms with E-state index < -0.39 is 0 Å². The molecule has 6 nitrogen and oxygen atoms in total. The highest BCUT2D eigenvalue weighted by Gasteiger charge is 2.27. The van der Waals surface area contributed by atoms with E-state index in [4.69, 9.17) is 0 Å². The number of piperazine rings is 1. The van der Waals surface area contributed by atoms with Crippen molar-refractivity contribution in [3.63, 3.8) is 0 Å². The topological polar surface area (TPSA) is 55.9 Å². The van der Waals surface area contributed by atoms with Crippen LogP contribution < -0.4 is 5.32 Å². The van der Waals surface area contributed by atoms with Crippen molar-refractivity contribution < 1.29 is 9.59 Å². The molecule has 0 spiro atoms. The van der Waals surface area contributed by atoms with Gasteiger partial charge in [0.1, 0.15) is 0 Å². The second kappa shape index (κ2) is 9.46. The van der Waals surface area contributed by atoms with Gasteiger partial charge in [-0.3, -0.25) is 4.79 Å². The molecule has 2 aliphatic rings. The lowest BCUT2D eigenvalue weighted by molar-refractivity contribution is -0.134. The quantitative estimate of drug-likeness (QED) is 0.804. The molecular weight excluding hydrogens is 360 g/mol. The third-order valence-electron chi connectivity index (χ3n) is 5.56. The maximum Gasteiger partial charge on any atom is 0.321 e. The van der Waals surface area contributed by atoms with Gasteiger partial charge in [-0.1, -0.05) is 0 Å². The third kappa shape index (κ3) is 5.62. The van der Waals surface area contributed by atoms with Gasteiger partial charge < -0.3 is 20.0 Å². The van der Waals surface area contributed by atoms with Gasteiger partial charge in [-0.2, -0.15) is 0 Å². The normalized spacial score (nSPS) is 19.2. The smallest absolute Gasteiger partial charge is 0.321 e. The molecule has 2 heterocycles. The number of rotatable bonds is 4. The molecule has 3 amide bonds. The van der Waals surface area contributed by atoms with Gasteiger partial charge in [0.15, 0.2) is 0 Å². The van der Waals surface area contributed by atoms with Gasteiger partial charge in [-0.05, 0) is 56.3 Å². The highest BCUT2D eigenvalue weighted by Crippen LogP contribution is 2.23. The van der Waals surface area contributed by atoms with Crippen LogP contribution >= 0.6 is 11.8 Å². The van der Waals surface area contributed by atoms with E-state index >= 15 is 0 Å². The number of hydrogen-bond acceptors (Lipinski definition) is 4. The minimum Gasteiger partial charge on any atom is -0.340 e. The zero-order chi connectivity index (χ0) is 19.2. The van der Waals surface area contributed by atoms with E-state index in [9.17, 15) is 9.59 Å². The van der Waals surface area contributed by atoms with Crippen LogP contribution in [0, 0.1) is 5.92 Å². The lowest BCUT2D eigenvalue weighted by atomic mass is 9.93. The predicted molar refractivity (Wildman–Crippen MR) is 110 cm³/mol. The van der Waals surface area contributed by atoms with Crippen molar-refractivity contribution in [2.45, 2.75) is 24.2 Å². The molecule has 148 valence electrons. The van der Waals surface area contributed by atoms with Crippen LogP contribution in [0.15, 0.2) is 29.2 Å². The van der Waals surface area contributed by atoms with Crippen LogP contribution in [0.1, 0.15) is 19.3 Å². The molecule has 0 saturated carbocycles. The number of carbonyl (C=O) groups is 2. The lowest BCUT2D eigenvalue weighted by Crippen LogP contribution is -2.48. The summed E-state index contributed by atoms with van der Waals surface area (Å²) in [5.74, 6) is 0.668. The Labute approximate surface area is 166 Å². The summed E-state index contributed by atoms with van der Waals surface area (Å²) in [4.78, 5) is 32.3. The molecule has 0 atom stereocenters. The summed E-state index contributed by atoms with van der Waals surface area (Å²) in [7, 11) is 2.10. The van der Waals surface area contributed by atoms with Gasteiger partial charge in [0.2, 0.25) is 5.91 Å². The molecule has 2 aliphatic heterocycles. The predicted octanol–water partition coefficient (Wildman–Crippen LogP) is 2.82. The second-order valence-electron chi connectivity index (χ2n) is 7.48. The standard InChI is InChI=1S/C20H30N4O2S/c1-22-11-13-23(14-12-22)19(25)15-16-7-9-24(10-8-16)20(26)21-17-3-5-18(27-2)6-4-17/h3-6,16H,7-15H2,1-2H3,(H,21,26). The first kappa shape index (κ1) is 20.0. The van der Waals surface area contributed by atoms with E-state index in [-0.39, 0.29) is 11.9 Å². The monoisotopic (exact) mass is 390 g/mol. The van der Waals surface area contributed by atoms with Gasteiger partial charge in [-0.15, -0.1) is 11.8 Å². The first-order valence-electron chi connectivity index (χ1n) is 9.71. The summed E-state index contributed by atoms with van der Waals surface area (Å²) in [5.41, 5.74) is 0.824. The average molecular weight is 391 g/mol. The van der Waals surface area contributed by atoms with Gasteiger partial charge in [0.25, 0.3) is 0 Å². The molecule has 0 aromatic heterocycles. The fourth-order valence-electron chi connectivity index (χ4n) is 3.65. The number of benzene rings is 1. The number of thioether (sulfide) groups is 1. The maximum atomic E-state index is 12.5. The van der Waals surface area contributed by atoms with Gasteiger partial charge >= 0.3 is 6.03 Å². The molecule has 7 heteroatoms. The Hall–Kier alpha value is -1.73. The summed E-state index contributed by atoms with van der Waals surface area (Å²) in [5, 5.41) is 2.97. The second-order valence-corrected chi connectivity index (χ2v) is 8.36. The number of nitrogens with zero attached hydrogens (tertiary/aromatic N) is 3. The molecule has 0 radical (unpaired) electrons. The molecule has 1 aromatic rings. The van der Waals surface area contributed by atoms with Crippen molar-refractivity contribution in [3.05, 3.63) is 24.3 Å². The Morgan fingerprint density at radius 2 is 1.63 bits per heavy atom. The van der Waals surface area contributed by atoms with Crippen LogP contribution in [0.25, 0.3) is 0 Å². The maximum absolute atomic E-state index is 12.5. The summed E-state index contributed by atoms with van der Waals surface area (Å²) < 4.78 is 0. The first-order chi connectivity index (χ1) is 13.0. The Morgan fingerprint density at radius 1 is 1.00 bits per heavy atom. The van der Waals surface area contributed by atoms with E-state index in [1.165, 1.54) is 4.90 Å². The molecule has 2 fully saturated rings. The van der Waals surface area contributed by atoms with Gasteiger partial charge in [0.05, 0.1) is 0 Å². The van der Waals surface area contributed by atoms with Crippen molar-refractivity contribution >= 4 is 29.4 Å². The zero-order valence-corrected chi connectivity index (χ0v) is 17.1. The fraction of sp³-hybridized carbons (Fsp3) is 0.600. The number of likely N-dealkylation sites (N-methyl/N-ethyl adjacent to an activating group) is 1. The minimum atomic E-state index is -0.0456. The van der Waals surface area contributed by atoms with Crippen LogP contribution in [0.2, 0.25) is 0 Å². The molecule has 0 aliphatic carbocycles. The summed E-state index contributed by atoms with van der Waals surface area (Å²) >= 11 is 1.68. The Bertz CT molecular complexity index is 636. The molecule has 2 saturated heterocycles. The van der Waals surface area contributed by atoms with E-state index in [0.29, 0.717) is 12.3 Å². The van der Waals surface area contributed by atoms with Gasteiger partial charge in [0, 0.05) is 56.3 Å². The van der Waals surface area contributed by atoms with E-state index in [1.54, 1.807) is 11.8 Å². The Balaban J connectivity index is 1.41. The molecule has 1 aromatic carbocycles. The van der Waals surface area contributed by atoms with Crippen LogP contribution in [0.3, 0.4) is 0 Å². The van der Waals surface area contributed by atoms with E-state index in [1.807, 2.05) is 40.3 Å². The molecule has 1 N–H and O–H groups in total. The number of likely N-dealkylation sites (tertiary alicyclic amines) is 1. The van der Waals surface area contributed by atoms with Crippen molar-refractivity contribution in [1.29, 1.82) is 0 Å². The van der Waals surface area contributed by atoms with Gasteiger partial charge in [-0.25, -0.2) is 4.79 Å². The van der Waals surface area contributed by atoms with Crippen LogP contribution in [0.4, 0.5) is 10.5 Å². The molecule has 0 unspecified atom stereocenters.